The highest BCUT2D eigenvalue weighted by Gasteiger charge is 2.21. The first-order chi connectivity index (χ1) is 9.08. The summed E-state index contributed by atoms with van der Waals surface area (Å²) in [6, 6.07) is 10.3. The zero-order chi connectivity index (χ0) is 13.6. The zero-order valence-electron chi connectivity index (χ0n) is 11.0. The fourth-order valence-corrected chi connectivity index (χ4v) is 2.72. The van der Waals surface area contributed by atoms with Crippen LogP contribution < -0.4 is 4.90 Å². The van der Waals surface area contributed by atoms with Crippen molar-refractivity contribution in [2.45, 2.75) is 6.92 Å². The van der Waals surface area contributed by atoms with E-state index in [0.717, 1.165) is 16.6 Å². The molecule has 0 aliphatic carbocycles. The van der Waals surface area contributed by atoms with Crippen molar-refractivity contribution in [1.82, 2.24) is 0 Å². The third-order valence-electron chi connectivity index (χ3n) is 3.68. The Kier molecular flexibility index (Phi) is 2.56. The van der Waals surface area contributed by atoms with Gasteiger partial charge in [0.1, 0.15) is 0 Å². The third kappa shape index (κ3) is 1.78. The summed E-state index contributed by atoms with van der Waals surface area (Å²) in [4.78, 5) is 13.2. The van der Waals surface area contributed by atoms with Gasteiger partial charge in [0.2, 0.25) is 0 Å². The quantitative estimate of drug-likeness (QED) is 0.849. The first-order valence-electron chi connectivity index (χ1n) is 6.25. The van der Waals surface area contributed by atoms with E-state index in [1.54, 1.807) is 6.08 Å². The van der Waals surface area contributed by atoms with Gasteiger partial charge in [-0.15, -0.1) is 0 Å². The van der Waals surface area contributed by atoms with E-state index in [0.29, 0.717) is 12.1 Å². The number of anilines is 1. The van der Waals surface area contributed by atoms with Gasteiger partial charge in [0.25, 0.3) is 0 Å². The number of carbonyl (C=O) groups is 1. The molecule has 0 fully saturated rings. The van der Waals surface area contributed by atoms with Crippen LogP contribution in [0.4, 0.5) is 5.69 Å². The molecule has 3 rings (SSSR count). The van der Waals surface area contributed by atoms with Crippen LogP contribution in [0.5, 0.6) is 0 Å². The molecule has 1 aliphatic rings. The van der Waals surface area contributed by atoms with Crippen molar-refractivity contribution >= 4 is 28.5 Å². The predicted octanol–water partition coefficient (Wildman–Crippen LogP) is 3.07. The van der Waals surface area contributed by atoms with Gasteiger partial charge in [0.15, 0.2) is 0 Å². The lowest BCUT2D eigenvalue weighted by molar-refractivity contribution is -0.132. The van der Waals surface area contributed by atoms with Crippen LogP contribution in [0, 0.1) is 6.92 Å². The summed E-state index contributed by atoms with van der Waals surface area (Å²) >= 11 is 0. The Morgan fingerprint density at radius 1 is 1.26 bits per heavy atom. The van der Waals surface area contributed by atoms with Crippen LogP contribution in [0.2, 0.25) is 0 Å². The van der Waals surface area contributed by atoms with Gasteiger partial charge in [-0.2, -0.15) is 0 Å². The number of carboxylic acid groups (broad SMARTS) is 1. The van der Waals surface area contributed by atoms with E-state index in [1.807, 2.05) is 24.1 Å². The molecule has 3 heteroatoms. The van der Waals surface area contributed by atoms with E-state index in [-0.39, 0.29) is 0 Å². The maximum atomic E-state index is 11.2. The standard InChI is InChI=1S/C16H15NO2/c1-10-7-15-14(13-6-4-3-5-12(10)13)8-11(16(18)19)9-17(15)2/h3-8H,9H2,1-2H3,(H,18,19). The first kappa shape index (κ1) is 11.8. The highest BCUT2D eigenvalue weighted by molar-refractivity contribution is 6.04. The normalized spacial score (nSPS) is 14.2. The Hall–Kier alpha value is -2.29. The minimum absolute atomic E-state index is 0.434. The first-order valence-corrected chi connectivity index (χ1v) is 6.25. The minimum Gasteiger partial charge on any atom is -0.478 e. The van der Waals surface area contributed by atoms with E-state index in [9.17, 15) is 9.90 Å². The van der Waals surface area contributed by atoms with E-state index >= 15 is 0 Å². The van der Waals surface area contributed by atoms with E-state index < -0.39 is 5.97 Å². The van der Waals surface area contributed by atoms with Crippen LogP contribution >= 0.6 is 0 Å². The van der Waals surface area contributed by atoms with Gasteiger partial charge in [-0.1, -0.05) is 24.3 Å². The number of aliphatic carboxylic acids is 1. The van der Waals surface area contributed by atoms with Gasteiger partial charge in [0.05, 0.1) is 5.57 Å². The lowest BCUT2D eigenvalue weighted by Crippen LogP contribution is -2.27. The lowest BCUT2D eigenvalue weighted by atomic mass is 9.94. The second kappa shape index (κ2) is 4.12. The largest absolute Gasteiger partial charge is 0.478 e. The predicted molar refractivity (Wildman–Crippen MR) is 77.6 cm³/mol. The van der Waals surface area contributed by atoms with Crippen LogP contribution in [-0.2, 0) is 4.79 Å². The zero-order valence-corrected chi connectivity index (χ0v) is 11.0. The fourth-order valence-electron chi connectivity index (χ4n) is 2.72. The topological polar surface area (TPSA) is 40.5 Å². The third-order valence-corrected chi connectivity index (χ3v) is 3.68. The maximum absolute atomic E-state index is 11.2. The highest BCUT2D eigenvalue weighted by atomic mass is 16.4. The maximum Gasteiger partial charge on any atom is 0.333 e. The second-order valence-corrected chi connectivity index (χ2v) is 5.00. The molecule has 0 radical (unpaired) electrons. The summed E-state index contributed by atoms with van der Waals surface area (Å²) in [5.74, 6) is -0.845. The van der Waals surface area contributed by atoms with Crippen LogP contribution in [-0.4, -0.2) is 24.7 Å². The molecular weight excluding hydrogens is 238 g/mol. The molecule has 0 bridgehead atoms. The molecule has 0 amide bonds. The number of carboxylic acids is 1. The second-order valence-electron chi connectivity index (χ2n) is 5.00. The summed E-state index contributed by atoms with van der Waals surface area (Å²) in [7, 11) is 1.93. The van der Waals surface area contributed by atoms with Crippen molar-refractivity contribution in [2.75, 3.05) is 18.5 Å². The minimum atomic E-state index is -0.845. The van der Waals surface area contributed by atoms with Crippen molar-refractivity contribution in [3.05, 3.63) is 47.0 Å². The fraction of sp³-hybridized carbons (Fsp3) is 0.188. The smallest absolute Gasteiger partial charge is 0.333 e. The average Bonchev–Trinajstić information content (AvgIpc) is 2.40. The molecule has 1 heterocycles. The number of fused-ring (bicyclic) bond motifs is 3. The van der Waals surface area contributed by atoms with Gasteiger partial charge in [0, 0.05) is 24.8 Å². The lowest BCUT2D eigenvalue weighted by Gasteiger charge is -2.28. The summed E-state index contributed by atoms with van der Waals surface area (Å²) in [6.45, 7) is 2.53. The number of hydrogen-bond acceptors (Lipinski definition) is 2. The van der Waals surface area contributed by atoms with E-state index in [2.05, 4.69) is 25.1 Å². The molecule has 19 heavy (non-hydrogen) atoms. The van der Waals surface area contributed by atoms with Crippen LogP contribution in [0.1, 0.15) is 11.1 Å². The average molecular weight is 253 g/mol. The van der Waals surface area contributed by atoms with Crippen LogP contribution in [0.15, 0.2) is 35.9 Å². The molecule has 1 aliphatic heterocycles. The summed E-state index contributed by atoms with van der Waals surface area (Å²) in [6.07, 6.45) is 1.80. The molecule has 0 saturated carbocycles. The number of nitrogens with zero attached hydrogens (tertiary/aromatic N) is 1. The summed E-state index contributed by atoms with van der Waals surface area (Å²) in [5.41, 5.74) is 3.76. The molecular formula is C16H15NO2. The highest BCUT2D eigenvalue weighted by Crippen LogP contribution is 2.35. The Balaban J connectivity index is 2.38. The number of rotatable bonds is 1. The molecule has 1 N–H and O–H groups in total. The number of likely N-dealkylation sites (N-methyl/N-ethyl adjacent to an activating group) is 1. The molecule has 0 spiro atoms. The van der Waals surface area contributed by atoms with Crippen LogP contribution in [0.3, 0.4) is 0 Å². The molecule has 0 atom stereocenters. The molecule has 96 valence electrons. The van der Waals surface area contributed by atoms with Gasteiger partial charge >= 0.3 is 5.97 Å². The van der Waals surface area contributed by atoms with Gasteiger partial charge in [-0.05, 0) is 35.4 Å². The van der Waals surface area contributed by atoms with Gasteiger partial charge in [-0.25, -0.2) is 4.79 Å². The molecule has 2 aromatic rings. The van der Waals surface area contributed by atoms with E-state index in [4.69, 9.17) is 0 Å². The van der Waals surface area contributed by atoms with Gasteiger partial charge in [-0.3, -0.25) is 0 Å². The van der Waals surface area contributed by atoms with E-state index in [1.165, 1.54) is 10.9 Å². The van der Waals surface area contributed by atoms with Crippen molar-refractivity contribution in [2.24, 2.45) is 0 Å². The van der Waals surface area contributed by atoms with Crippen molar-refractivity contribution in [1.29, 1.82) is 0 Å². The molecule has 0 saturated heterocycles. The van der Waals surface area contributed by atoms with Crippen molar-refractivity contribution in [3.8, 4) is 0 Å². The molecule has 0 aromatic heterocycles. The Bertz CT molecular complexity index is 716. The molecule has 0 unspecified atom stereocenters. The Morgan fingerprint density at radius 3 is 2.63 bits per heavy atom. The monoisotopic (exact) mass is 253 g/mol. The van der Waals surface area contributed by atoms with Gasteiger partial charge < -0.3 is 10.0 Å². The number of hydrogen-bond donors (Lipinski definition) is 1. The molecule has 3 nitrogen and oxygen atoms in total. The number of aryl methyl sites for hydroxylation is 1. The van der Waals surface area contributed by atoms with Crippen molar-refractivity contribution in [3.63, 3.8) is 0 Å². The van der Waals surface area contributed by atoms with Crippen LogP contribution in [0.25, 0.3) is 16.8 Å². The van der Waals surface area contributed by atoms with Crippen molar-refractivity contribution < 1.29 is 9.90 Å². The summed E-state index contributed by atoms with van der Waals surface area (Å²) in [5, 5.41) is 11.5. The Labute approximate surface area is 111 Å². The number of benzene rings is 2. The Morgan fingerprint density at radius 2 is 1.95 bits per heavy atom. The summed E-state index contributed by atoms with van der Waals surface area (Å²) < 4.78 is 0. The molecule has 2 aromatic carbocycles. The SMILES string of the molecule is Cc1cc2c(c3ccccc13)C=C(C(=O)O)CN2C.